The van der Waals surface area contributed by atoms with Crippen LogP contribution in [0.25, 0.3) is 0 Å². The highest BCUT2D eigenvalue weighted by atomic mass is 32.2. The molecule has 1 N–H and O–H groups in total. The van der Waals surface area contributed by atoms with Crippen LogP contribution in [0.5, 0.6) is 0 Å². The van der Waals surface area contributed by atoms with Crippen LogP contribution in [0, 0.1) is 24.7 Å². The van der Waals surface area contributed by atoms with E-state index >= 15 is 0 Å². The van der Waals surface area contributed by atoms with Gasteiger partial charge in [-0.2, -0.15) is 0 Å². The number of amides is 1. The van der Waals surface area contributed by atoms with Crippen molar-refractivity contribution >= 4 is 21.6 Å². The number of carbonyl (C=O) groups is 1. The summed E-state index contributed by atoms with van der Waals surface area (Å²) >= 11 is 0. The van der Waals surface area contributed by atoms with Gasteiger partial charge in [0, 0.05) is 6.54 Å². The van der Waals surface area contributed by atoms with Crippen LogP contribution in [0.1, 0.15) is 61.6 Å². The Morgan fingerprint density at radius 3 is 2.20 bits per heavy atom. The minimum absolute atomic E-state index is 0.194. The largest absolute Gasteiger partial charge is 0.355 e. The summed E-state index contributed by atoms with van der Waals surface area (Å²) in [5.41, 5.74) is 4.67. The fourth-order valence-corrected chi connectivity index (χ4v) is 8.28. The molecule has 6 heteroatoms. The number of anilines is 1. The molecule has 0 aliphatic heterocycles. The molecule has 2 aromatic rings. The van der Waals surface area contributed by atoms with Gasteiger partial charge in [-0.05, 0) is 105 Å². The van der Waals surface area contributed by atoms with Gasteiger partial charge in [0.15, 0.2) is 0 Å². The molecule has 188 valence electrons. The predicted molar refractivity (Wildman–Crippen MR) is 141 cm³/mol. The first kappa shape index (κ1) is 24.4. The van der Waals surface area contributed by atoms with Crippen LogP contribution >= 0.6 is 0 Å². The molecule has 0 radical (unpaired) electrons. The third-order valence-electron chi connectivity index (χ3n) is 8.54. The van der Waals surface area contributed by atoms with Gasteiger partial charge in [0.1, 0.15) is 6.54 Å². The Balaban J connectivity index is 1.21. The van der Waals surface area contributed by atoms with E-state index in [0.717, 1.165) is 30.6 Å². The molecule has 0 heterocycles. The van der Waals surface area contributed by atoms with Crippen molar-refractivity contribution in [3.05, 3.63) is 65.2 Å². The monoisotopic (exact) mass is 494 g/mol. The number of rotatable bonds is 9. The summed E-state index contributed by atoms with van der Waals surface area (Å²) in [4.78, 5) is 12.6. The number of sulfonamides is 1. The van der Waals surface area contributed by atoms with Crippen molar-refractivity contribution in [2.45, 2.75) is 63.7 Å². The number of hydrogen-bond acceptors (Lipinski definition) is 3. The molecule has 4 aliphatic rings. The standard InChI is InChI=1S/C29H38N2O3S/c1-21-5-3-6-22(13-21)7-4-12-30-28(32)20-31(35(2,33)34)27-10-8-26(9-11-27)29-17-23-14-24(18-29)16-25(15-23)19-29/h3,5-6,8-11,13,23-25H,4,7,12,14-20H2,1-2H3,(H,30,32). The second kappa shape index (κ2) is 9.61. The Hall–Kier alpha value is -2.34. The lowest BCUT2D eigenvalue weighted by Crippen LogP contribution is -2.48. The number of aryl methyl sites for hydroxylation is 2. The third kappa shape index (κ3) is 5.42. The highest BCUT2D eigenvalue weighted by molar-refractivity contribution is 7.92. The summed E-state index contributed by atoms with van der Waals surface area (Å²) in [6.45, 7) is 2.40. The van der Waals surface area contributed by atoms with Crippen molar-refractivity contribution in [2.24, 2.45) is 17.8 Å². The van der Waals surface area contributed by atoms with E-state index in [4.69, 9.17) is 0 Å². The summed E-state index contributed by atoms with van der Waals surface area (Å²) in [6.07, 6.45) is 10.9. The van der Waals surface area contributed by atoms with Crippen LogP contribution < -0.4 is 9.62 Å². The molecule has 4 bridgehead atoms. The number of benzene rings is 2. The zero-order valence-electron chi connectivity index (χ0n) is 21.0. The first-order chi connectivity index (χ1) is 16.7. The first-order valence-electron chi connectivity index (χ1n) is 13.1. The van der Waals surface area contributed by atoms with Crippen LogP contribution in [0.15, 0.2) is 48.5 Å². The normalized spacial score (nSPS) is 27.1. The van der Waals surface area contributed by atoms with Crippen molar-refractivity contribution < 1.29 is 13.2 Å². The molecule has 4 fully saturated rings. The molecule has 4 saturated carbocycles. The Morgan fingerprint density at radius 1 is 1.00 bits per heavy atom. The lowest BCUT2D eigenvalue weighted by atomic mass is 9.48. The molecular weight excluding hydrogens is 456 g/mol. The molecule has 0 saturated heterocycles. The predicted octanol–water partition coefficient (Wildman–Crippen LogP) is 4.98. The Kier molecular flexibility index (Phi) is 6.69. The number of carbonyl (C=O) groups excluding carboxylic acids is 1. The van der Waals surface area contributed by atoms with Crippen molar-refractivity contribution in [3.63, 3.8) is 0 Å². The van der Waals surface area contributed by atoms with Gasteiger partial charge < -0.3 is 5.32 Å². The average molecular weight is 495 g/mol. The number of nitrogens with zero attached hydrogens (tertiary/aromatic N) is 1. The van der Waals surface area contributed by atoms with Gasteiger partial charge in [0.2, 0.25) is 15.9 Å². The zero-order valence-corrected chi connectivity index (χ0v) is 21.8. The molecule has 0 spiro atoms. The zero-order chi connectivity index (χ0) is 24.6. The molecular formula is C29H38N2O3S. The topological polar surface area (TPSA) is 66.5 Å². The van der Waals surface area contributed by atoms with E-state index in [1.807, 2.05) is 18.2 Å². The maximum atomic E-state index is 12.6. The van der Waals surface area contributed by atoms with Crippen LogP contribution in [0.2, 0.25) is 0 Å². The SMILES string of the molecule is Cc1cccc(CCCNC(=O)CN(c2ccc(C34CC5CC(CC(C5)C3)C4)cc2)S(C)(=O)=O)c1. The summed E-state index contributed by atoms with van der Waals surface area (Å²) in [7, 11) is -3.58. The number of hydrogen-bond donors (Lipinski definition) is 1. The third-order valence-corrected chi connectivity index (χ3v) is 9.68. The maximum Gasteiger partial charge on any atom is 0.240 e. The summed E-state index contributed by atoms with van der Waals surface area (Å²) in [5, 5.41) is 2.90. The van der Waals surface area contributed by atoms with Crippen molar-refractivity contribution in [3.8, 4) is 0 Å². The van der Waals surface area contributed by atoms with Crippen LogP contribution in [-0.4, -0.2) is 33.7 Å². The smallest absolute Gasteiger partial charge is 0.240 e. The maximum absolute atomic E-state index is 12.6. The van der Waals surface area contributed by atoms with Crippen LogP contribution in [0.3, 0.4) is 0 Å². The summed E-state index contributed by atoms with van der Waals surface area (Å²) in [5.74, 6) is 2.32. The quantitative estimate of drug-likeness (QED) is 0.500. The van der Waals surface area contributed by atoms with Gasteiger partial charge in [-0.25, -0.2) is 8.42 Å². The van der Waals surface area contributed by atoms with Crippen LogP contribution in [0.4, 0.5) is 5.69 Å². The van der Waals surface area contributed by atoms with E-state index in [-0.39, 0.29) is 17.9 Å². The van der Waals surface area contributed by atoms with Crippen LogP contribution in [-0.2, 0) is 26.7 Å². The average Bonchev–Trinajstić information content (AvgIpc) is 2.79. The molecule has 35 heavy (non-hydrogen) atoms. The summed E-state index contributed by atoms with van der Waals surface area (Å²) in [6, 6.07) is 16.4. The van der Waals surface area contributed by atoms with E-state index in [9.17, 15) is 13.2 Å². The van der Waals surface area contributed by atoms with Gasteiger partial charge in [0.05, 0.1) is 11.9 Å². The Bertz CT molecular complexity index is 1140. The minimum atomic E-state index is -3.58. The van der Waals surface area contributed by atoms with Gasteiger partial charge in [-0.1, -0.05) is 42.0 Å². The molecule has 0 aromatic heterocycles. The summed E-state index contributed by atoms with van der Waals surface area (Å²) < 4.78 is 26.4. The molecule has 6 rings (SSSR count). The number of nitrogens with one attached hydrogen (secondary N) is 1. The molecule has 5 nitrogen and oxygen atoms in total. The lowest BCUT2D eigenvalue weighted by Gasteiger charge is -2.57. The second-order valence-corrected chi connectivity index (χ2v) is 13.4. The fraction of sp³-hybridized carbons (Fsp3) is 0.552. The first-order valence-corrected chi connectivity index (χ1v) is 15.0. The van der Waals surface area contributed by atoms with E-state index in [2.05, 4.69) is 42.6 Å². The van der Waals surface area contributed by atoms with Gasteiger partial charge in [0.25, 0.3) is 0 Å². The minimum Gasteiger partial charge on any atom is -0.355 e. The van der Waals surface area contributed by atoms with Gasteiger partial charge >= 0.3 is 0 Å². The highest BCUT2D eigenvalue weighted by Crippen LogP contribution is 2.60. The Morgan fingerprint density at radius 2 is 1.63 bits per heavy atom. The lowest BCUT2D eigenvalue weighted by molar-refractivity contribution is -0.119. The second-order valence-electron chi connectivity index (χ2n) is 11.5. The van der Waals surface area contributed by atoms with E-state index < -0.39 is 10.0 Å². The van der Waals surface area contributed by atoms with E-state index in [1.165, 1.54) is 65.8 Å². The molecule has 1 amide bonds. The van der Waals surface area contributed by atoms with Crippen molar-refractivity contribution in [1.82, 2.24) is 5.32 Å². The highest BCUT2D eigenvalue weighted by Gasteiger charge is 2.51. The molecule has 0 atom stereocenters. The molecule has 2 aromatic carbocycles. The van der Waals surface area contributed by atoms with Crippen molar-refractivity contribution in [1.29, 1.82) is 0 Å². The van der Waals surface area contributed by atoms with Gasteiger partial charge in [-0.3, -0.25) is 9.10 Å². The van der Waals surface area contributed by atoms with Gasteiger partial charge in [-0.15, -0.1) is 0 Å². The van der Waals surface area contributed by atoms with E-state index in [0.29, 0.717) is 12.2 Å². The fourth-order valence-electron chi connectivity index (χ4n) is 7.42. The van der Waals surface area contributed by atoms with Crippen molar-refractivity contribution in [2.75, 3.05) is 23.7 Å². The Labute approximate surface area is 210 Å². The molecule has 4 aliphatic carbocycles. The molecule has 0 unspecified atom stereocenters. The van der Waals surface area contributed by atoms with E-state index in [1.54, 1.807) is 0 Å².